The van der Waals surface area contributed by atoms with Crippen molar-refractivity contribution in [3.8, 4) is 22.3 Å². The monoisotopic (exact) mass is 501 g/mol. The molecule has 2 aliphatic rings. The molecule has 0 atom stereocenters. The van der Waals surface area contributed by atoms with Gasteiger partial charge in [-0.3, -0.25) is 4.79 Å². The smallest absolute Gasteiger partial charge is 0.251 e. The average Bonchev–Trinajstić information content (AvgIpc) is 3.19. The molecule has 3 N–H and O–H groups in total. The van der Waals surface area contributed by atoms with Crippen LogP contribution in [-0.2, 0) is 12.8 Å². The molecule has 1 heterocycles. The van der Waals surface area contributed by atoms with Crippen LogP contribution in [0.4, 0.5) is 5.69 Å². The number of hydrogen-bond acceptors (Lipinski definition) is 3. The molecule has 1 saturated heterocycles. The summed E-state index contributed by atoms with van der Waals surface area (Å²) in [6.07, 6.45) is 1.51. The van der Waals surface area contributed by atoms with E-state index in [2.05, 4.69) is 41.4 Å². The third-order valence-electron chi connectivity index (χ3n) is 6.60. The average molecular weight is 503 g/mol. The van der Waals surface area contributed by atoms with Crippen LogP contribution in [0.5, 0.6) is 0 Å². The molecule has 0 radical (unpaired) electrons. The van der Waals surface area contributed by atoms with E-state index in [9.17, 15) is 4.79 Å². The number of piperazine rings is 1. The molecular weight excluding hydrogens is 477 g/mol. The van der Waals surface area contributed by atoms with E-state index in [1.807, 2.05) is 12.1 Å². The summed E-state index contributed by atoms with van der Waals surface area (Å²) in [4.78, 5) is 15.3. The Morgan fingerprint density at radius 2 is 1.73 bits per heavy atom. The largest absolute Gasteiger partial charge is 0.368 e. The van der Waals surface area contributed by atoms with Gasteiger partial charge in [-0.2, -0.15) is 0 Å². The Morgan fingerprint density at radius 3 is 2.42 bits per heavy atom. The van der Waals surface area contributed by atoms with Crippen LogP contribution in [-0.4, -0.2) is 32.1 Å². The van der Waals surface area contributed by atoms with Crippen molar-refractivity contribution in [3.05, 3.63) is 74.8 Å². The lowest BCUT2D eigenvalue weighted by atomic mass is 9.84. The maximum absolute atomic E-state index is 13.0. The Hall–Kier alpha value is -2.24. The van der Waals surface area contributed by atoms with Crippen LogP contribution in [0, 0.1) is 0 Å². The normalized spacial score (nSPS) is 14.5. The number of anilines is 1. The van der Waals surface area contributed by atoms with E-state index >= 15 is 0 Å². The van der Waals surface area contributed by atoms with Gasteiger partial charge in [0.15, 0.2) is 0 Å². The van der Waals surface area contributed by atoms with E-state index < -0.39 is 5.91 Å². The second-order valence-electron chi connectivity index (χ2n) is 8.32. The summed E-state index contributed by atoms with van der Waals surface area (Å²) >= 11 is 13.3. The summed E-state index contributed by atoms with van der Waals surface area (Å²) in [6, 6.07) is 14.1. The van der Waals surface area contributed by atoms with Crippen LogP contribution in [0.15, 0.2) is 42.5 Å². The van der Waals surface area contributed by atoms with Gasteiger partial charge in [-0.05, 0) is 46.7 Å². The first-order valence-electron chi connectivity index (χ1n) is 11.0. The molecule has 1 amide bonds. The molecule has 0 unspecified atom stereocenters. The number of carbonyl (C=O) groups excluding carboxylic acids is 1. The lowest BCUT2D eigenvalue weighted by Crippen LogP contribution is -2.44. The van der Waals surface area contributed by atoms with Crippen LogP contribution in [0.2, 0.25) is 10.0 Å². The minimum atomic E-state index is -0.395. The maximum atomic E-state index is 13.0. The zero-order chi connectivity index (χ0) is 22.4. The van der Waals surface area contributed by atoms with Gasteiger partial charge >= 0.3 is 0 Å². The topological polar surface area (TPSA) is 58.4 Å². The highest BCUT2D eigenvalue weighted by molar-refractivity contribution is 6.44. The number of primary amides is 1. The fraction of sp³-hybridized carbons (Fsp3) is 0.269. The summed E-state index contributed by atoms with van der Waals surface area (Å²) in [6.45, 7) is 5.36. The van der Waals surface area contributed by atoms with Crippen molar-refractivity contribution in [1.82, 2.24) is 5.32 Å². The lowest BCUT2D eigenvalue weighted by molar-refractivity contribution is 0.1000. The molecule has 7 heteroatoms. The molecule has 33 heavy (non-hydrogen) atoms. The highest BCUT2D eigenvalue weighted by atomic mass is 35.5. The molecule has 0 aromatic heterocycles. The van der Waals surface area contributed by atoms with Crippen molar-refractivity contribution in [2.45, 2.75) is 19.8 Å². The van der Waals surface area contributed by atoms with Crippen molar-refractivity contribution in [2.24, 2.45) is 5.73 Å². The van der Waals surface area contributed by atoms with Gasteiger partial charge in [0, 0.05) is 37.3 Å². The molecule has 4 nitrogen and oxygen atoms in total. The summed E-state index contributed by atoms with van der Waals surface area (Å²) < 4.78 is 0. The Kier molecular flexibility index (Phi) is 6.92. The van der Waals surface area contributed by atoms with Gasteiger partial charge in [-0.1, -0.05) is 66.5 Å². The molecule has 172 valence electrons. The Morgan fingerprint density at radius 1 is 1.03 bits per heavy atom. The molecule has 0 bridgehead atoms. The molecule has 5 rings (SSSR count). The first-order valence-corrected chi connectivity index (χ1v) is 11.8. The van der Waals surface area contributed by atoms with E-state index in [4.69, 9.17) is 28.9 Å². The number of carbonyl (C=O) groups is 1. The SMILES string of the molecule is CCc1c2c(c(-c3cccc(Cl)c3Cl)c(N3CCNCC3)c1C(N)=O)-c1ccccc1C2.Cl. The van der Waals surface area contributed by atoms with Crippen LogP contribution in [0.25, 0.3) is 22.3 Å². The second-order valence-corrected chi connectivity index (χ2v) is 9.11. The summed E-state index contributed by atoms with van der Waals surface area (Å²) in [5.74, 6) is -0.395. The summed E-state index contributed by atoms with van der Waals surface area (Å²) in [5.41, 5.74) is 15.2. The molecular formula is C26H26Cl3N3O. The van der Waals surface area contributed by atoms with Crippen LogP contribution in [0.3, 0.4) is 0 Å². The number of amides is 1. The molecule has 0 spiro atoms. The van der Waals surface area contributed by atoms with Gasteiger partial charge in [-0.15, -0.1) is 12.4 Å². The summed E-state index contributed by atoms with van der Waals surface area (Å²) in [7, 11) is 0. The highest BCUT2D eigenvalue weighted by Gasteiger charge is 2.34. The predicted molar refractivity (Wildman–Crippen MR) is 140 cm³/mol. The van der Waals surface area contributed by atoms with Gasteiger partial charge in [0.05, 0.1) is 21.3 Å². The fourth-order valence-electron chi connectivity index (χ4n) is 5.26. The molecule has 1 aliphatic heterocycles. The number of benzene rings is 3. The van der Waals surface area contributed by atoms with E-state index in [0.717, 1.165) is 67.0 Å². The Bertz CT molecular complexity index is 1240. The predicted octanol–water partition coefficient (Wildman–Crippen LogP) is 5.72. The standard InChI is InChI=1S/C26H25Cl2N3O.ClH/c1-2-16-19-14-15-6-3-4-7-17(15)21(19)22(18-8-5-9-20(27)24(18)28)25(23(16)26(29)32)31-12-10-30-11-13-31;/h3-9,30H,2,10-14H2,1H3,(H2,29,32);1H. The number of rotatable bonds is 4. The summed E-state index contributed by atoms with van der Waals surface area (Å²) in [5, 5.41) is 4.40. The third kappa shape index (κ3) is 3.89. The van der Waals surface area contributed by atoms with Gasteiger partial charge in [0.2, 0.25) is 0 Å². The van der Waals surface area contributed by atoms with Crippen molar-refractivity contribution in [1.29, 1.82) is 0 Å². The van der Waals surface area contributed by atoms with Crippen molar-refractivity contribution in [2.75, 3.05) is 31.1 Å². The van der Waals surface area contributed by atoms with Gasteiger partial charge < -0.3 is 16.0 Å². The zero-order valence-electron chi connectivity index (χ0n) is 18.4. The number of nitrogens with one attached hydrogen (secondary N) is 1. The van der Waals surface area contributed by atoms with Crippen molar-refractivity contribution >= 4 is 47.2 Å². The van der Waals surface area contributed by atoms with Gasteiger partial charge in [-0.25, -0.2) is 0 Å². The Balaban J connectivity index is 0.00000259. The lowest BCUT2D eigenvalue weighted by Gasteiger charge is -2.35. The number of nitrogens with zero attached hydrogens (tertiary/aromatic N) is 1. The number of fused-ring (bicyclic) bond motifs is 3. The fourth-order valence-corrected chi connectivity index (χ4v) is 5.65. The number of halogens is 3. The quantitative estimate of drug-likeness (QED) is 0.375. The van der Waals surface area contributed by atoms with Crippen molar-refractivity contribution < 1.29 is 4.79 Å². The second kappa shape index (κ2) is 9.55. The Labute approximate surface area is 210 Å². The number of nitrogens with two attached hydrogens (primary N) is 1. The van der Waals surface area contributed by atoms with E-state index in [1.54, 1.807) is 6.07 Å². The molecule has 3 aromatic carbocycles. The highest BCUT2D eigenvalue weighted by Crippen LogP contribution is 2.53. The van der Waals surface area contributed by atoms with E-state index in [-0.39, 0.29) is 12.4 Å². The maximum Gasteiger partial charge on any atom is 0.251 e. The van der Waals surface area contributed by atoms with Crippen LogP contribution < -0.4 is 16.0 Å². The molecule has 0 saturated carbocycles. The number of hydrogen-bond donors (Lipinski definition) is 2. The van der Waals surface area contributed by atoms with Gasteiger partial charge in [0.1, 0.15) is 0 Å². The molecule has 3 aromatic rings. The zero-order valence-corrected chi connectivity index (χ0v) is 20.7. The van der Waals surface area contributed by atoms with E-state index in [0.29, 0.717) is 15.6 Å². The van der Waals surface area contributed by atoms with Crippen LogP contribution >= 0.6 is 35.6 Å². The van der Waals surface area contributed by atoms with Crippen molar-refractivity contribution in [3.63, 3.8) is 0 Å². The minimum absolute atomic E-state index is 0. The first kappa shape index (κ1) is 23.9. The van der Waals surface area contributed by atoms with Crippen LogP contribution in [0.1, 0.15) is 34.0 Å². The minimum Gasteiger partial charge on any atom is -0.368 e. The van der Waals surface area contributed by atoms with Gasteiger partial charge in [0.25, 0.3) is 5.91 Å². The third-order valence-corrected chi connectivity index (χ3v) is 7.42. The molecule has 1 aliphatic carbocycles. The van der Waals surface area contributed by atoms with E-state index in [1.165, 1.54) is 16.7 Å². The first-order chi connectivity index (χ1) is 15.5. The molecule has 1 fully saturated rings.